The Bertz CT molecular complexity index is 613. The largest absolute Gasteiger partial charge is 0.481 e. The number of halogens is 1. The lowest BCUT2D eigenvalue weighted by molar-refractivity contribution is -0.149. The lowest BCUT2D eigenvalue weighted by atomic mass is 9.90. The zero-order valence-corrected chi connectivity index (χ0v) is 13.2. The van der Waals surface area contributed by atoms with E-state index in [0.717, 1.165) is 0 Å². The van der Waals surface area contributed by atoms with E-state index in [9.17, 15) is 19.5 Å². The Morgan fingerprint density at radius 1 is 1.43 bits per heavy atom. The van der Waals surface area contributed by atoms with E-state index in [1.807, 2.05) is 0 Å². The van der Waals surface area contributed by atoms with E-state index in [1.165, 1.54) is 10.6 Å². The second kappa shape index (κ2) is 6.43. The van der Waals surface area contributed by atoms with Gasteiger partial charge in [-0.3, -0.25) is 14.4 Å². The third kappa shape index (κ3) is 3.53. The molecule has 1 saturated heterocycles. The van der Waals surface area contributed by atoms with E-state index in [1.54, 1.807) is 24.1 Å². The lowest BCUT2D eigenvalue weighted by Crippen LogP contribution is -2.50. The van der Waals surface area contributed by atoms with Crippen LogP contribution in [-0.4, -0.2) is 39.0 Å². The van der Waals surface area contributed by atoms with Crippen molar-refractivity contribution in [1.29, 1.82) is 0 Å². The van der Waals surface area contributed by atoms with E-state index in [-0.39, 0.29) is 24.1 Å². The molecule has 7 heteroatoms. The van der Waals surface area contributed by atoms with E-state index in [4.69, 9.17) is 0 Å². The molecule has 0 aromatic carbocycles. The SMILES string of the molecule is C[C@@H]1[C@H](C(=O)O)CCCN1C(=O)Cn1cc(Br)ccc1=O. The predicted octanol–water partition coefficient (Wildman–Crippen LogP) is 1.32. The number of amides is 1. The number of rotatable bonds is 3. The molecule has 2 rings (SSSR count). The summed E-state index contributed by atoms with van der Waals surface area (Å²) in [6.07, 6.45) is 2.81. The van der Waals surface area contributed by atoms with Crippen LogP contribution in [0.15, 0.2) is 27.6 Å². The minimum absolute atomic E-state index is 0.0745. The monoisotopic (exact) mass is 356 g/mol. The first-order valence-electron chi connectivity index (χ1n) is 6.78. The second-order valence-electron chi connectivity index (χ2n) is 5.23. The third-order valence-electron chi connectivity index (χ3n) is 3.88. The summed E-state index contributed by atoms with van der Waals surface area (Å²) in [5, 5.41) is 9.18. The molecule has 2 heterocycles. The number of carbonyl (C=O) groups excluding carboxylic acids is 1. The Morgan fingerprint density at radius 3 is 2.81 bits per heavy atom. The smallest absolute Gasteiger partial charge is 0.308 e. The van der Waals surface area contributed by atoms with Crippen LogP contribution < -0.4 is 5.56 Å². The summed E-state index contributed by atoms with van der Waals surface area (Å²) in [7, 11) is 0. The van der Waals surface area contributed by atoms with E-state index < -0.39 is 11.9 Å². The van der Waals surface area contributed by atoms with Crippen molar-refractivity contribution in [2.24, 2.45) is 5.92 Å². The normalized spacial score (nSPS) is 22.1. The molecule has 0 saturated carbocycles. The molecular formula is C14H17BrN2O4. The van der Waals surface area contributed by atoms with Crippen LogP contribution >= 0.6 is 15.9 Å². The highest BCUT2D eigenvalue weighted by molar-refractivity contribution is 9.10. The average molecular weight is 357 g/mol. The van der Waals surface area contributed by atoms with E-state index in [2.05, 4.69) is 15.9 Å². The van der Waals surface area contributed by atoms with E-state index in [0.29, 0.717) is 23.9 Å². The number of carboxylic acids is 1. The zero-order valence-electron chi connectivity index (χ0n) is 11.7. The molecule has 0 radical (unpaired) electrons. The molecule has 1 N–H and O–H groups in total. The van der Waals surface area contributed by atoms with E-state index >= 15 is 0 Å². The van der Waals surface area contributed by atoms with Gasteiger partial charge in [-0.1, -0.05) is 0 Å². The summed E-state index contributed by atoms with van der Waals surface area (Å²) in [6, 6.07) is 2.65. The van der Waals surface area contributed by atoms with Crippen LogP contribution in [0.2, 0.25) is 0 Å². The van der Waals surface area contributed by atoms with Crippen molar-refractivity contribution >= 4 is 27.8 Å². The fourth-order valence-electron chi connectivity index (χ4n) is 2.69. The lowest BCUT2D eigenvalue weighted by Gasteiger charge is -2.37. The predicted molar refractivity (Wildman–Crippen MR) is 79.9 cm³/mol. The number of aromatic nitrogens is 1. The van der Waals surface area contributed by atoms with Crippen LogP contribution in [0.1, 0.15) is 19.8 Å². The maximum Gasteiger partial charge on any atom is 0.308 e. The molecule has 0 spiro atoms. The first kappa shape index (κ1) is 15.8. The van der Waals surface area contributed by atoms with Crippen LogP contribution in [0, 0.1) is 5.92 Å². The molecule has 114 valence electrons. The maximum absolute atomic E-state index is 12.4. The molecule has 1 aliphatic heterocycles. The molecule has 0 aliphatic carbocycles. The van der Waals surface area contributed by atoms with Gasteiger partial charge in [0.2, 0.25) is 5.91 Å². The number of piperidine rings is 1. The van der Waals surface area contributed by atoms with Crippen LogP contribution in [0.25, 0.3) is 0 Å². The highest BCUT2D eigenvalue weighted by atomic mass is 79.9. The number of likely N-dealkylation sites (tertiary alicyclic amines) is 1. The Kier molecular flexibility index (Phi) is 4.82. The van der Waals surface area contributed by atoms with Crippen LogP contribution in [0.3, 0.4) is 0 Å². The summed E-state index contributed by atoms with van der Waals surface area (Å²) in [6.45, 7) is 2.21. The molecule has 2 atom stereocenters. The van der Waals surface area contributed by atoms with Crippen molar-refractivity contribution in [1.82, 2.24) is 9.47 Å². The minimum atomic E-state index is -0.875. The molecule has 0 bridgehead atoms. The van der Waals surface area contributed by atoms with Crippen LogP contribution in [-0.2, 0) is 16.1 Å². The zero-order chi connectivity index (χ0) is 15.6. The summed E-state index contributed by atoms with van der Waals surface area (Å²) < 4.78 is 2.04. The summed E-state index contributed by atoms with van der Waals surface area (Å²) in [5.74, 6) is -1.64. The highest BCUT2D eigenvalue weighted by Gasteiger charge is 2.35. The average Bonchev–Trinajstić information content (AvgIpc) is 2.42. The summed E-state index contributed by atoms with van der Waals surface area (Å²) >= 11 is 3.26. The Balaban J connectivity index is 2.14. The van der Waals surface area contributed by atoms with Gasteiger partial charge in [-0.05, 0) is 41.8 Å². The number of hydrogen-bond donors (Lipinski definition) is 1. The summed E-state index contributed by atoms with van der Waals surface area (Å²) in [4.78, 5) is 36.8. The number of aliphatic carboxylic acids is 1. The fraction of sp³-hybridized carbons (Fsp3) is 0.500. The van der Waals surface area contributed by atoms with Crippen LogP contribution in [0.4, 0.5) is 0 Å². The quantitative estimate of drug-likeness (QED) is 0.885. The van der Waals surface area contributed by atoms with Crippen molar-refractivity contribution in [2.75, 3.05) is 6.54 Å². The van der Waals surface area contributed by atoms with Gasteiger partial charge in [0.15, 0.2) is 0 Å². The van der Waals surface area contributed by atoms with Gasteiger partial charge in [-0.25, -0.2) is 0 Å². The van der Waals surface area contributed by atoms with Gasteiger partial charge in [-0.15, -0.1) is 0 Å². The molecule has 1 aromatic rings. The number of carbonyl (C=O) groups is 2. The number of carboxylic acid groups (broad SMARTS) is 1. The molecular weight excluding hydrogens is 340 g/mol. The maximum atomic E-state index is 12.4. The van der Waals surface area contributed by atoms with Gasteiger partial charge in [0, 0.05) is 29.3 Å². The van der Waals surface area contributed by atoms with Crippen molar-refractivity contribution in [3.05, 3.63) is 33.2 Å². The second-order valence-corrected chi connectivity index (χ2v) is 6.14. The van der Waals surface area contributed by atoms with Gasteiger partial charge in [0.1, 0.15) is 6.54 Å². The molecule has 1 aromatic heterocycles. The van der Waals surface area contributed by atoms with Crippen molar-refractivity contribution in [3.8, 4) is 0 Å². The summed E-state index contributed by atoms with van der Waals surface area (Å²) in [5.41, 5.74) is -0.258. The Labute approximate surface area is 130 Å². The Morgan fingerprint density at radius 2 is 2.14 bits per heavy atom. The van der Waals surface area contributed by atoms with Gasteiger partial charge >= 0.3 is 5.97 Å². The number of pyridine rings is 1. The molecule has 21 heavy (non-hydrogen) atoms. The number of hydrogen-bond acceptors (Lipinski definition) is 3. The standard InChI is InChI=1S/C14H17BrN2O4/c1-9-11(14(20)21)3-2-6-17(9)13(19)8-16-7-10(15)4-5-12(16)18/h4-5,7,9,11H,2-3,6,8H2,1H3,(H,20,21)/t9-,11-/m1/s1. The molecule has 0 unspecified atom stereocenters. The number of nitrogens with zero attached hydrogens (tertiary/aromatic N) is 2. The van der Waals surface area contributed by atoms with Crippen molar-refractivity contribution in [2.45, 2.75) is 32.4 Å². The molecule has 1 fully saturated rings. The fourth-order valence-corrected chi connectivity index (χ4v) is 3.07. The first-order valence-corrected chi connectivity index (χ1v) is 7.57. The van der Waals surface area contributed by atoms with Crippen molar-refractivity contribution < 1.29 is 14.7 Å². The molecule has 1 aliphatic rings. The molecule has 6 nitrogen and oxygen atoms in total. The Hall–Kier alpha value is -1.63. The third-order valence-corrected chi connectivity index (χ3v) is 4.35. The first-order chi connectivity index (χ1) is 9.90. The van der Waals surface area contributed by atoms with Gasteiger partial charge in [0.05, 0.1) is 5.92 Å². The minimum Gasteiger partial charge on any atom is -0.481 e. The van der Waals surface area contributed by atoms with Crippen LogP contribution in [0.5, 0.6) is 0 Å². The highest BCUT2D eigenvalue weighted by Crippen LogP contribution is 2.24. The topological polar surface area (TPSA) is 79.6 Å². The van der Waals surface area contributed by atoms with Gasteiger partial charge < -0.3 is 14.6 Å². The van der Waals surface area contributed by atoms with Gasteiger partial charge in [-0.2, -0.15) is 0 Å². The van der Waals surface area contributed by atoms with Gasteiger partial charge in [0.25, 0.3) is 5.56 Å². The van der Waals surface area contributed by atoms with Crippen molar-refractivity contribution in [3.63, 3.8) is 0 Å². The molecule has 1 amide bonds.